The lowest BCUT2D eigenvalue weighted by Crippen LogP contribution is -2.44. The summed E-state index contributed by atoms with van der Waals surface area (Å²) in [4.78, 5) is 2.41. The Labute approximate surface area is 124 Å². The highest BCUT2D eigenvalue weighted by molar-refractivity contribution is 9.10. The van der Waals surface area contributed by atoms with Crippen LogP contribution in [-0.2, 0) is 11.2 Å². The molecule has 0 saturated carbocycles. The van der Waals surface area contributed by atoms with Crippen molar-refractivity contribution in [1.82, 2.24) is 0 Å². The number of nitrogens with two attached hydrogens (primary N) is 1. The van der Waals surface area contributed by atoms with Crippen LogP contribution in [0.5, 0.6) is 0 Å². The van der Waals surface area contributed by atoms with Crippen LogP contribution in [-0.4, -0.2) is 32.8 Å². The van der Waals surface area contributed by atoms with Gasteiger partial charge in [0.15, 0.2) is 0 Å². The summed E-state index contributed by atoms with van der Waals surface area (Å²) in [5.74, 6) is 0.636. The van der Waals surface area contributed by atoms with Crippen molar-refractivity contribution in [2.45, 2.75) is 25.9 Å². The van der Waals surface area contributed by atoms with Crippen LogP contribution in [0.15, 0.2) is 22.7 Å². The predicted octanol–water partition coefficient (Wildman–Crippen LogP) is 2.81. The summed E-state index contributed by atoms with van der Waals surface area (Å²) in [6.07, 6.45) is 2.43. The maximum absolute atomic E-state index is 5.60. The third-order valence-electron chi connectivity index (χ3n) is 3.98. The van der Waals surface area contributed by atoms with Crippen molar-refractivity contribution in [2.75, 3.05) is 31.6 Å². The van der Waals surface area contributed by atoms with Gasteiger partial charge in [0.05, 0.1) is 11.8 Å². The van der Waals surface area contributed by atoms with E-state index in [0.717, 1.165) is 24.0 Å². The minimum absolute atomic E-state index is 0.323. The van der Waals surface area contributed by atoms with Crippen molar-refractivity contribution in [2.24, 2.45) is 11.7 Å². The van der Waals surface area contributed by atoms with Gasteiger partial charge in [-0.25, -0.2) is 0 Å². The van der Waals surface area contributed by atoms with E-state index >= 15 is 0 Å². The second-order valence-corrected chi connectivity index (χ2v) is 6.16. The quantitative estimate of drug-likeness (QED) is 0.924. The molecule has 1 aromatic carbocycles. The standard InChI is InChI=1S/C15H23BrN2O/c1-11-6-8-18(10-15(11)19-2)14-4-3-12(5-7-17)9-13(14)16/h3-4,9,11,15H,5-8,10,17H2,1-2H3. The summed E-state index contributed by atoms with van der Waals surface area (Å²) in [5.41, 5.74) is 8.14. The predicted molar refractivity (Wildman–Crippen MR) is 83.7 cm³/mol. The topological polar surface area (TPSA) is 38.5 Å². The Morgan fingerprint density at radius 1 is 1.47 bits per heavy atom. The average Bonchev–Trinajstić information content (AvgIpc) is 2.40. The largest absolute Gasteiger partial charge is 0.379 e. The second kappa shape index (κ2) is 6.73. The van der Waals surface area contributed by atoms with E-state index in [0.29, 0.717) is 18.6 Å². The maximum atomic E-state index is 5.60. The van der Waals surface area contributed by atoms with Crippen LogP contribution < -0.4 is 10.6 Å². The number of hydrogen-bond acceptors (Lipinski definition) is 3. The van der Waals surface area contributed by atoms with Crippen LogP contribution >= 0.6 is 15.9 Å². The Hall–Kier alpha value is -0.580. The molecule has 0 aliphatic carbocycles. The van der Waals surface area contributed by atoms with E-state index in [1.165, 1.54) is 17.7 Å². The highest BCUT2D eigenvalue weighted by atomic mass is 79.9. The molecule has 2 atom stereocenters. The Kier molecular flexibility index (Phi) is 5.25. The first-order chi connectivity index (χ1) is 9.15. The van der Waals surface area contributed by atoms with Crippen molar-refractivity contribution in [1.29, 1.82) is 0 Å². The van der Waals surface area contributed by atoms with Crippen LogP contribution in [0, 0.1) is 5.92 Å². The van der Waals surface area contributed by atoms with Gasteiger partial charge in [0.1, 0.15) is 0 Å². The van der Waals surface area contributed by atoms with Gasteiger partial charge in [0.25, 0.3) is 0 Å². The van der Waals surface area contributed by atoms with Crippen molar-refractivity contribution in [3.63, 3.8) is 0 Å². The number of rotatable bonds is 4. The number of anilines is 1. The molecule has 1 fully saturated rings. The summed E-state index contributed by atoms with van der Waals surface area (Å²) in [6.45, 7) is 5.02. The number of hydrogen-bond donors (Lipinski definition) is 1. The van der Waals surface area contributed by atoms with Gasteiger partial charge in [0.2, 0.25) is 0 Å². The second-order valence-electron chi connectivity index (χ2n) is 5.31. The molecule has 2 unspecified atom stereocenters. The van der Waals surface area contributed by atoms with Gasteiger partial charge in [0, 0.05) is 24.7 Å². The van der Waals surface area contributed by atoms with Crippen LogP contribution in [0.4, 0.5) is 5.69 Å². The van der Waals surface area contributed by atoms with Gasteiger partial charge in [-0.1, -0.05) is 13.0 Å². The van der Waals surface area contributed by atoms with Gasteiger partial charge >= 0.3 is 0 Å². The average molecular weight is 327 g/mol. The SMILES string of the molecule is COC1CN(c2ccc(CCN)cc2Br)CCC1C. The first-order valence-corrected chi connectivity index (χ1v) is 7.71. The van der Waals surface area contributed by atoms with Crippen LogP contribution in [0.2, 0.25) is 0 Å². The zero-order valence-electron chi connectivity index (χ0n) is 11.7. The molecule has 2 N–H and O–H groups in total. The van der Waals surface area contributed by atoms with Crippen LogP contribution in [0.25, 0.3) is 0 Å². The molecule has 3 nitrogen and oxygen atoms in total. The summed E-state index contributed by atoms with van der Waals surface area (Å²) < 4.78 is 6.74. The number of halogens is 1. The highest BCUT2D eigenvalue weighted by Gasteiger charge is 2.26. The lowest BCUT2D eigenvalue weighted by Gasteiger charge is -2.38. The normalized spacial score (nSPS) is 23.7. The lowest BCUT2D eigenvalue weighted by molar-refractivity contribution is 0.0498. The molecule has 1 aromatic rings. The van der Waals surface area contributed by atoms with E-state index in [2.05, 4.69) is 46.0 Å². The molecule has 2 rings (SSSR count). The van der Waals surface area contributed by atoms with Crippen molar-refractivity contribution in [3.8, 4) is 0 Å². The van der Waals surface area contributed by atoms with Gasteiger partial charge in [-0.2, -0.15) is 0 Å². The van der Waals surface area contributed by atoms with Crippen molar-refractivity contribution < 1.29 is 4.74 Å². The first-order valence-electron chi connectivity index (χ1n) is 6.92. The molecule has 1 aliphatic rings. The molecule has 1 heterocycles. The molecule has 1 aliphatic heterocycles. The van der Waals surface area contributed by atoms with E-state index in [9.17, 15) is 0 Å². The summed E-state index contributed by atoms with van der Waals surface area (Å²) in [5, 5.41) is 0. The van der Waals surface area contributed by atoms with Crippen LogP contribution in [0.1, 0.15) is 18.9 Å². The van der Waals surface area contributed by atoms with E-state index in [-0.39, 0.29) is 0 Å². The van der Waals surface area contributed by atoms with Crippen LogP contribution in [0.3, 0.4) is 0 Å². The summed E-state index contributed by atoms with van der Waals surface area (Å²) in [6, 6.07) is 6.55. The van der Waals surface area contributed by atoms with E-state index < -0.39 is 0 Å². The Balaban J connectivity index is 2.13. The Morgan fingerprint density at radius 2 is 2.26 bits per heavy atom. The van der Waals surface area contributed by atoms with Gasteiger partial charge < -0.3 is 15.4 Å². The third-order valence-corrected chi connectivity index (χ3v) is 4.61. The minimum atomic E-state index is 0.323. The molecule has 106 valence electrons. The van der Waals surface area contributed by atoms with Gasteiger partial charge in [-0.05, 0) is 58.9 Å². The van der Waals surface area contributed by atoms with E-state index in [1.807, 2.05) is 7.11 Å². The molecule has 19 heavy (non-hydrogen) atoms. The van der Waals surface area contributed by atoms with Crippen molar-refractivity contribution >= 4 is 21.6 Å². The van der Waals surface area contributed by atoms with E-state index in [1.54, 1.807) is 0 Å². The first kappa shape index (κ1) is 14.8. The summed E-state index contributed by atoms with van der Waals surface area (Å²) in [7, 11) is 1.81. The maximum Gasteiger partial charge on any atom is 0.0772 e. The Bertz CT molecular complexity index is 425. The van der Waals surface area contributed by atoms with Gasteiger partial charge in [-0.3, -0.25) is 0 Å². The fourth-order valence-corrected chi connectivity index (χ4v) is 3.37. The zero-order chi connectivity index (χ0) is 13.8. The molecule has 0 radical (unpaired) electrons. The fourth-order valence-electron chi connectivity index (χ4n) is 2.69. The monoisotopic (exact) mass is 326 g/mol. The number of ether oxygens (including phenoxy) is 1. The number of methoxy groups -OCH3 is 1. The third kappa shape index (κ3) is 3.50. The number of piperidine rings is 1. The molecule has 0 bridgehead atoms. The fraction of sp³-hybridized carbons (Fsp3) is 0.600. The number of benzene rings is 1. The van der Waals surface area contributed by atoms with Crippen molar-refractivity contribution in [3.05, 3.63) is 28.2 Å². The molecular weight excluding hydrogens is 304 g/mol. The minimum Gasteiger partial charge on any atom is -0.379 e. The highest BCUT2D eigenvalue weighted by Crippen LogP contribution is 2.31. The molecular formula is C15H23BrN2O. The lowest BCUT2D eigenvalue weighted by atomic mass is 9.95. The molecule has 1 saturated heterocycles. The molecule has 4 heteroatoms. The smallest absolute Gasteiger partial charge is 0.0772 e. The van der Waals surface area contributed by atoms with Gasteiger partial charge in [-0.15, -0.1) is 0 Å². The summed E-state index contributed by atoms with van der Waals surface area (Å²) >= 11 is 3.69. The molecule has 0 aromatic heterocycles. The molecule has 0 spiro atoms. The van der Waals surface area contributed by atoms with E-state index in [4.69, 9.17) is 10.5 Å². The Morgan fingerprint density at radius 3 is 2.89 bits per heavy atom. The number of nitrogens with zero attached hydrogens (tertiary/aromatic N) is 1. The zero-order valence-corrected chi connectivity index (χ0v) is 13.3. The molecule has 0 amide bonds.